The van der Waals surface area contributed by atoms with Gasteiger partial charge >= 0.3 is 5.97 Å². The largest absolute Gasteiger partial charge is 0.452 e. The standard InChI is InChI=1S/C21H26N2O4S/c1-14-7-3-5-9-18(14)22-20(24)12-26-21(25)17-8-4-6-10-19(17)28-13-16-11-15(2)27-23-16/h4,6,8,10-11,14,18H,3,5,7,9,12-13H2,1-2H3,(H,22,24)/t14-,18-/m1/s1. The molecule has 2 atom stereocenters. The van der Waals surface area contributed by atoms with Crippen molar-refractivity contribution in [3.63, 3.8) is 0 Å². The second-order valence-corrected chi connectivity index (χ2v) is 8.24. The summed E-state index contributed by atoms with van der Waals surface area (Å²) in [5, 5.41) is 6.96. The van der Waals surface area contributed by atoms with Crippen molar-refractivity contribution >= 4 is 23.6 Å². The van der Waals surface area contributed by atoms with Gasteiger partial charge in [-0.3, -0.25) is 4.79 Å². The highest BCUT2D eigenvalue weighted by Crippen LogP contribution is 2.27. The first-order valence-electron chi connectivity index (χ1n) is 9.63. The number of aryl methyl sites for hydroxylation is 1. The molecule has 1 amide bonds. The summed E-state index contributed by atoms with van der Waals surface area (Å²) >= 11 is 1.48. The number of amides is 1. The minimum atomic E-state index is -0.494. The number of carbonyl (C=O) groups excluding carboxylic acids is 2. The maximum absolute atomic E-state index is 12.5. The summed E-state index contributed by atoms with van der Waals surface area (Å²) in [5.74, 6) is 1.07. The Bertz CT molecular complexity index is 820. The molecule has 1 fully saturated rings. The highest BCUT2D eigenvalue weighted by molar-refractivity contribution is 7.98. The van der Waals surface area contributed by atoms with Crippen LogP contribution in [0, 0.1) is 12.8 Å². The SMILES string of the molecule is Cc1cc(CSc2ccccc2C(=O)OCC(=O)N[C@@H]2CCCC[C@H]2C)no1. The molecule has 2 aromatic rings. The van der Waals surface area contributed by atoms with Crippen LogP contribution in [0.15, 0.2) is 39.8 Å². The van der Waals surface area contributed by atoms with Crippen molar-refractivity contribution in [1.82, 2.24) is 10.5 Å². The molecule has 1 aromatic heterocycles. The lowest BCUT2D eigenvalue weighted by atomic mass is 9.86. The zero-order valence-corrected chi connectivity index (χ0v) is 17.1. The molecule has 1 heterocycles. The molecule has 0 radical (unpaired) electrons. The van der Waals surface area contributed by atoms with Crippen LogP contribution >= 0.6 is 11.8 Å². The minimum Gasteiger partial charge on any atom is -0.452 e. The molecule has 1 aliphatic rings. The third-order valence-electron chi connectivity index (χ3n) is 4.95. The van der Waals surface area contributed by atoms with Crippen molar-refractivity contribution in [2.24, 2.45) is 5.92 Å². The van der Waals surface area contributed by atoms with Gasteiger partial charge in [0.15, 0.2) is 6.61 Å². The second-order valence-electron chi connectivity index (χ2n) is 7.23. The fraction of sp³-hybridized carbons (Fsp3) is 0.476. The van der Waals surface area contributed by atoms with E-state index >= 15 is 0 Å². The second kappa shape index (κ2) is 9.78. The van der Waals surface area contributed by atoms with Gasteiger partial charge in [-0.05, 0) is 37.8 Å². The van der Waals surface area contributed by atoms with Gasteiger partial charge in [-0.2, -0.15) is 0 Å². The van der Waals surface area contributed by atoms with E-state index in [2.05, 4.69) is 17.4 Å². The highest BCUT2D eigenvalue weighted by Gasteiger charge is 2.23. The summed E-state index contributed by atoms with van der Waals surface area (Å²) in [7, 11) is 0. The smallest absolute Gasteiger partial charge is 0.339 e. The van der Waals surface area contributed by atoms with Gasteiger partial charge in [0.05, 0.1) is 11.3 Å². The van der Waals surface area contributed by atoms with Crippen LogP contribution in [0.3, 0.4) is 0 Å². The molecule has 1 saturated carbocycles. The van der Waals surface area contributed by atoms with Crippen LogP contribution in [-0.2, 0) is 15.3 Å². The lowest BCUT2D eigenvalue weighted by Gasteiger charge is -2.29. The van der Waals surface area contributed by atoms with Crippen LogP contribution in [0.25, 0.3) is 0 Å². The number of hydrogen-bond donors (Lipinski definition) is 1. The van der Waals surface area contributed by atoms with E-state index in [4.69, 9.17) is 9.26 Å². The van der Waals surface area contributed by atoms with Crippen LogP contribution in [0.1, 0.15) is 54.4 Å². The summed E-state index contributed by atoms with van der Waals surface area (Å²) in [4.78, 5) is 25.5. The van der Waals surface area contributed by atoms with Crippen LogP contribution in [0.2, 0.25) is 0 Å². The maximum atomic E-state index is 12.5. The molecule has 0 saturated heterocycles. The molecule has 0 bridgehead atoms. The normalized spacial score (nSPS) is 19.2. The van der Waals surface area contributed by atoms with E-state index in [1.807, 2.05) is 25.1 Å². The van der Waals surface area contributed by atoms with Crippen molar-refractivity contribution in [3.05, 3.63) is 47.3 Å². The zero-order valence-electron chi connectivity index (χ0n) is 16.3. The zero-order chi connectivity index (χ0) is 19.9. The Kier molecular flexibility index (Phi) is 7.14. The molecular formula is C21H26N2O4S. The Morgan fingerprint density at radius 3 is 2.82 bits per heavy atom. The Balaban J connectivity index is 1.53. The van der Waals surface area contributed by atoms with E-state index in [0.717, 1.165) is 35.6 Å². The number of rotatable bonds is 7. The van der Waals surface area contributed by atoms with Gasteiger partial charge in [0.2, 0.25) is 0 Å². The number of esters is 1. The van der Waals surface area contributed by atoms with Crippen molar-refractivity contribution in [2.45, 2.75) is 56.2 Å². The fourth-order valence-electron chi connectivity index (χ4n) is 3.39. The molecule has 0 spiro atoms. The quantitative estimate of drug-likeness (QED) is 0.554. The van der Waals surface area contributed by atoms with Crippen molar-refractivity contribution in [1.29, 1.82) is 0 Å². The monoisotopic (exact) mass is 402 g/mol. The Hall–Kier alpha value is -2.28. The topological polar surface area (TPSA) is 81.4 Å². The van der Waals surface area contributed by atoms with Crippen LogP contribution in [0.5, 0.6) is 0 Å². The summed E-state index contributed by atoms with van der Waals surface area (Å²) in [6, 6.07) is 9.26. The van der Waals surface area contributed by atoms with Gasteiger partial charge in [0.1, 0.15) is 5.76 Å². The van der Waals surface area contributed by atoms with Gasteiger partial charge < -0.3 is 14.6 Å². The van der Waals surface area contributed by atoms with Gasteiger partial charge in [0, 0.05) is 22.8 Å². The summed E-state index contributed by atoms with van der Waals surface area (Å²) < 4.78 is 10.3. The average molecular weight is 403 g/mol. The molecule has 0 unspecified atom stereocenters. The minimum absolute atomic E-state index is 0.175. The van der Waals surface area contributed by atoms with E-state index in [-0.39, 0.29) is 18.6 Å². The van der Waals surface area contributed by atoms with E-state index in [1.54, 1.807) is 12.1 Å². The molecule has 150 valence electrons. The van der Waals surface area contributed by atoms with Crippen molar-refractivity contribution in [3.8, 4) is 0 Å². The molecule has 7 heteroatoms. The molecule has 1 aliphatic carbocycles. The lowest BCUT2D eigenvalue weighted by molar-refractivity contribution is -0.125. The number of thioether (sulfide) groups is 1. The van der Waals surface area contributed by atoms with E-state index in [1.165, 1.54) is 18.2 Å². The summed E-state index contributed by atoms with van der Waals surface area (Å²) in [5.41, 5.74) is 1.26. The first-order valence-corrected chi connectivity index (χ1v) is 10.6. The number of nitrogens with zero attached hydrogens (tertiary/aromatic N) is 1. The third kappa shape index (κ3) is 5.61. The van der Waals surface area contributed by atoms with E-state index in [0.29, 0.717) is 17.2 Å². The first-order chi connectivity index (χ1) is 13.5. The summed E-state index contributed by atoms with van der Waals surface area (Å²) in [6.07, 6.45) is 4.46. The molecule has 1 N–H and O–H groups in total. The molecule has 1 aromatic carbocycles. The van der Waals surface area contributed by atoms with Crippen molar-refractivity contribution < 1.29 is 18.8 Å². The molecular weight excluding hydrogens is 376 g/mol. The first kappa shape index (κ1) is 20.5. The van der Waals surface area contributed by atoms with E-state index < -0.39 is 5.97 Å². The molecule has 28 heavy (non-hydrogen) atoms. The molecule has 6 nitrogen and oxygen atoms in total. The predicted octanol–water partition coefficient (Wildman–Crippen LogP) is 4.13. The van der Waals surface area contributed by atoms with Gasteiger partial charge in [-0.15, -0.1) is 11.8 Å². The van der Waals surface area contributed by atoms with Gasteiger partial charge in [0.25, 0.3) is 5.91 Å². The number of benzene rings is 1. The highest BCUT2D eigenvalue weighted by atomic mass is 32.2. The average Bonchev–Trinajstić information content (AvgIpc) is 3.12. The number of carbonyl (C=O) groups is 2. The third-order valence-corrected chi connectivity index (χ3v) is 6.06. The Morgan fingerprint density at radius 2 is 2.07 bits per heavy atom. The maximum Gasteiger partial charge on any atom is 0.339 e. The Labute approximate surface area is 169 Å². The molecule has 3 rings (SSSR count). The predicted molar refractivity (Wildman–Crippen MR) is 107 cm³/mol. The van der Waals surface area contributed by atoms with Crippen LogP contribution < -0.4 is 5.32 Å². The van der Waals surface area contributed by atoms with Crippen LogP contribution in [-0.4, -0.2) is 29.7 Å². The van der Waals surface area contributed by atoms with E-state index in [9.17, 15) is 9.59 Å². The number of aromatic nitrogens is 1. The van der Waals surface area contributed by atoms with Crippen LogP contribution in [0.4, 0.5) is 0 Å². The van der Waals surface area contributed by atoms with Gasteiger partial charge in [-0.25, -0.2) is 4.79 Å². The number of nitrogens with one attached hydrogen (secondary N) is 1. The van der Waals surface area contributed by atoms with Crippen molar-refractivity contribution in [2.75, 3.05) is 6.61 Å². The van der Waals surface area contributed by atoms with Gasteiger partial charge in [-0.1, -0.05) is 37.1 Å². The lowest BCUT2D eigenvalue weighted by Crippen LogP contribution is -2.42. The molecule has 0 aliphatic heterocycles. The number of hydrogen-bond acceptors (Lipinski definition) is 6. The fourth-order valence-corrected chi connectivity index (χ4v) is 4.31. The Morgan fingerprint density at radius 1 is 1.29 bits per heavy atom. The summed E-state index contributed by atoms with van der Waals surface area (Å²) in [6.45, 7) is 3.73. The number of ether oxygens (including phenoxy) is 1.